The standard InChI is InChI=1S/C23H19N5O6/c1-12(29)24-15-5-3-2-4-14(15)21-26-20(34-27-21)11-13-6-8-18-17(10-13)28(23(32)33-18)16-7-9-19(30)25-22(16)31/h2-6,8,10,16H,7,9,11H2,1H3,(H,24,29)(H,25,30,31). The van der Waals surface area contributed by atoms with Crippen molar-refractivity contribution in [3.8, 4) is 11.4 Å². The van der Waals surface area contributed by atoms with Crippen LogP contribution < -0.4 is 16.4 Å². The summed E-state index contributed by atoms with van der Waals surface area (Å²) in [6.45, 7) is 1.42. The van der Waals surface area contributed by atoms with E-state index in [4.69, 9.17) is 8.94 Å². The molecule has 1 aliphatic heterocycles. The van der Waals surface area contributed by atoms with Gasteiger partial charge in [-0.3, -0.25) is 24.3 Å². The number of amides is 3. The van der Waals surface area contributed by atoms with E-state index in [2.05, 4.69) is 20.8 Å². The van der Waals surface area contributed by atoms with E-state index in [0.29, 0.717) is 34.1 Å². The Bertz CT molecular complexity index is 1500. The summed E-state index contributed by atoms with van der Waals surface area (Å²) < 4.78 is 12.0. The highest BCUT2D eigenvalue weighted by Crippen LogP contribution is 2.27. The maximum absolute atomic E-state index is 12.5. The van der Waals surface area contributed by atoms with Gasteiger partial charge in [0.25, 0.3) is 0 Å². The van der Waals surface area contributed by atoms with Crippen LogP contribution in [0.2, 0.25) is 0 Å². The number of nitrogens with zero attached hydrogens (tertiary/aromatic N) is 3. The summed E-state index contributed by atoms with van der Waals surface area (Å²) in [7, 11) is 0. The van der Waals surface area contributed by atoms with Crippen molar-refractivity contribution in [2.45, 2.75) is 32.2 Å². The van der Waals surface area contributed by atoms with E-state index < -0.39 is 17.7 Å². The maximum atomic E-state index is 12.5. The highest BCUT2D eigenvalue weighted by molar-refractivity contribution is 6.00. The molecule has 5 rings (SSSR count). The number of aromatic nitrogens is 3. The first-order valence-corrected chi connectivity index (χ1v) is 10.6. The maximum Gasteiger partial charge on any atom is 0.420 e. The van der Waals surface area contributed by atoms with Crippen molar-refractivity contribution in [2.75, 3.05) is 5.32 Å². The Morgan fingerprint density at radius 2 is 2.03 bits per heavy atom. The fourth-order valence-corrected chi connectivity index (χ4v) is 4.00. The van der Waals surface area contributed by atoms with E-state index in [1.165, 1.54) is 11.5 Å². The molecule has 2 aromatic heterocycles. The smallest absolute Gasteiger partial charge is 0.408 e. The zero-order valence-corrected chi connectivity index (χ0v) is 18.0. The van der Waals surface area contributed by atoms with Crippen LogP contribution in [0, 0.1) is 0 Å². The first-order valence-electron chi connectivity index (χ1n) is 10.6. The van der Waals surface area contributed by atoms with Gasteiger partial charge in [-0.05, 0) is 36.2 Å². The number of hydrogen-bond acceptors (Lipinski definition) is 8. The molecular formula is C23H19N5O6. The number of nitrogens with one attached hydrogen (secondary N) is 2. The second-order valence-electron chi connectivity index (χ2n) is 7.92. The van der Waals surface area contributed by atoms with Gasteiger partial charge in [0.2, 0.25) is 29.4 Å². The quantitative estimate of drug-likeness (QED) is 0.430. The van der Waals surface area contributed by atoms with Gasteiger partial charge >= 0.3 is 5.76 Å². The lowest BCUT2D eigenvalue weighted by atomic mass is 10.1. The fraction of sp³-hybridized carbons (Fsp3) is 0.217. The van der Waals surface area contributed by atoms with Crippen LogP contribution in [0.5, 0.6) is 0 Å². The Morgan fingerprint density at radius 3 is 2.82 bits per heavy atom. The minimum Gasteiger partial charge on any atom is -0.408 e. The lowest BCUT2D eigenvalue weighted by Gasteiger charge is -2.21. The number of fused-ring (bicyclic) bond motifs is 1. The SMILES string of the molecule is CC(=O)Nc1ccccc1-c1noc(Cc2ccc3oc(=O)n(C4CCC(=O)NC4=O)c3c2)n1. The Hall–Kier alpha value is -4.54. The minimum atomic E-state index is -0.831. The number of benzene rings is 2. The van der Waals surface area contributed by atoms with Crippen LogP contribution in [0.3, 0.4) is 0 Å². The molecule has 0 spiro atoms. The first kappa shape index (κ1) is 21.3. The third kappa shape index (κ3) is 3.98. The average Bonchev–Trinajstić information content (AvgIpc) is 3.38. The van der Waals surface area contributed by atoms with E-state index in [9.17, 15) is 19.2 Å². The summed E-state index contributed by atoms with van der Waals surface area (Å²) in [5.41, 5.74) is 2.70. The molecule has 1 aliphatic rings. The third-order valence-electron chi connectivity index (χ3n) is 5.50. The molecule has 1 unspecified atom stereocenters. The van der Waals surface area contributed by atoms with Crippen LogP contribution in [0.15, 0.2) is 56.2 Å². The zero-order chi connectivity index (χ0) is 23.8. The molecule has 3 amide bonds. The third-order valence-corrected chi connectivity index (χ3v) is 5.50. The van der Waals surface area contributed by atoms with E-state index >= 15 is 0 Å². The molecule has 11 heteroatoms. The minimum absolute atomic E-state index is 0.139. The van der Waals surface area contributed by atoms with Gasteiger partial charge < -0.3 is 14.3 Å². The molecule has 0 radical (unpaired) electrons. The number of carbonyl (C=O) groups excluding carboxylic acids is 3. The molecule has 0 bridgehead atoms. The van der Waals surface area contributed by atoms with Gasteiger partial charge in [0.1, 0.15) is 6.04 Å². The van der Waals surface area contributed by atoms with Crippen molar-refractivity contribution in [3.05, 3.63) is 64.5 Å². The summed E-state index contributed by atoms with van der Waals surface area (Å²) in [5.74, 6) is -1.14. The molecule has 4 aromatic rings. The van der Waals surface area contributed by atoms with Crippen LogP contribution in [-0.4, -0.2) is 32.4 Å². The van der Waals surface area contributed by atoms with Gasteiger partial charge in [-0.2, -0.15) is 4.98 Å². The summed E-state index contributed by atoms with van der Waals surface area (Å²) in [5, 5.41) is 9.03. The van der Waals surface area contributed by atoms with Crippen LogP contribution in [0.25, 0.3) is 22.5 Å². The average molecular weight is 461 g/mol. The molecule has 3 heterocycles. The molecule has 2 N–H and O–H groups in total. The summed E-state index contributed by atoms with van der Waals surface area (Å²) >= 11 is 0. The van der Waals surface area contributed by atoms with Gasteiger partial charge in [-0.25, -0.2) is 4.79 Å². The van der Waals surface area contributed by atoms with Crippen LogP contribution >= 0.6 is 0 Å². The first-order chi connectivity index (χ1) is 16.4. The Kier molecular flexibility index (Phi) is 5.28. The Morgan fingerprint density at radius 1 is 1.21 bits per heavy atom. The summed E-state index contributed by atoms with van der Waals surface area (Å²) in [6, 6.07) is 11.4. The molecule has 1 fully saturated rings. The lowest BCUT2D eigenvalue weighted by molar-refractivity contribution is -0.135. The molecule has 1 saturated heterocycles. The number of carbonyl (C=O) groups is 3. The van der Waals surface area contributed by atoms with Gasteiger partial charge in [0.05, 0.1) is 17.6 Å². The monoisotopic (exact) mass is 461 g/mol. The number of imide groups is 1. The fourth-order valence-electron chi connectivity index (χ4n) is 4.00. The highest BCUT2D eigenvalue weighted by Gasteiger charge is 2.31. The second kappa shape index (κ2) is 8.43. The van der Waals surface area contributed by atoms with E-state index in [1.807, 2.05) is 0 Å². The molecule has 172 valence electrons. The second-order valence-corrected chi connectivity index (χ2v) is 7.92. The van der Waals surface area contributed by atoms with Gasteiger partial charge in [-0.1, -0.05) is 23.4 Å². The molecule has 0 saturated carbocycles. The van der Waals surface area contributed by atoms with Crippen molar-refractivity contribution in [3.63, 3.8) is 0 Å². The van der Waals surface area contributed by atoms with Crippen LogP contribution in [0.1, 0.15) is 37.3 Å². The van der Waals surface area contributed by atoms with Crippen LogP contribution in [0.4, 0.5) is 5.69 Å². The predicted octanol–water partition coefficient (Wildman–Crippen LogP) is 2.17. The molecular weight excluding hydrogens is 442 g/mol. The number of rotatable bonds is 5. The van der Waals surface area contributed by atoms with Crippen molar-refractivity contribution in [2.24, 2.45) is 0 Å². The lowest BCUT2D eigenvalue weighted by Crippen LogP contribution is -2.43. The number of hydrogen-bond donors (Lipinski definition) is 2. The Balaban J connectivity index is 1.44. The van der Waals surface area contributed by atoms with Crippen LogP contribution in [-0.2, 0) is 20.8 Å². The van der Waals surface area contributed by atoms with Gasteiger partial charge in [0, 0.05) is 18.9 Å². The molecule has 2 aromatic carbocycles. The van der Waals surface area contributed by atoms with E-state index in [-0.39, 0.29) is 31.1 Å². The molecule has 11 nitrogen and oxygen atoms in total. The number of anilines is 1. The summed E-state index contributed by atoms with van der Waals surface area (Å²) in [6.07, 6.45) is 0.615. The van der Waals surface area contributed by atoms with Gasteiger partial charge in [0.15, 0.2) is 5.58 Å². The van der Waals surface area contributed by atoms with E-state index in [1.54, 1.807) is 42.5 Å². The molecule has 0 aliphatic carbocycles. The molecule has 34 heavy (non-hydrogen) atoms. The zero-order valence-electron chi connectivity index (χ0n) is 18.0. The van der Waals surface area contributed by atoms with Crippen molar-refractivity contribution in [1.29, 1.82) is 0 Å². The number of oxazole rings is 1. The number of piperidine rings is 1. The molecule has 1 atom stereocenters. The normalized spacial score (nSPS) is 16.0. The van der Waals surface area contributed by atoms with Crippen molar-refractivity contribution in [1.82, 2.24) is 20.0 Å². The summed E-state index contributed by atoms with van der Waals surface area (Å²) in [4.78, 5) is 52.2. The topological polar surface area (TPSA) is 149 Å². The Labute approximate surface area is 191 Å². The van der Waals surface area contributed by atoms with E-state index in [0.717, 1.165) is 5.56 Å². The number of para-hydroxylation sites is 1. The van der Waals surface area contributed by atoms with Gasteiger partial charge in [-0.15, -0.1) is 0 Å². The predicted molar refractivity (Wildman–Crippen MR) is 119 cm³/mol. The van der Waals surface area contributed by atoms with Crippen molar-refractivity contribution < 1.29 is 23.3 Å². The van der Waals surface area contributed by atoms with Crippen molar-refractivity contribution >= 4 is 34.5 Å². The highest BCUT2D eigenvalue weighted by atomic mass is 16.5. The largest absolute Gasteiger partial charge is 0.420 e.